The minimum absolute atomic E-state index is 0.834. The fraction of sp³-hybridized carbons (Fsp3) is 0.267. The second-order valence-electron chi connectivity index (χ2n) is 4.75. The first-order chi connectivity index (χ1) is 9.83. The number of nitrogens with one attached hydrogen (secondary N) is 1. The summed E-state index contributed by atoms with van der Waals surface area (Å²) < 4.78 is 2.18. The van der Waals surface area contributed by atoms with Gasteiger partial charge in [-0.3, -0.25) is 4.98 Å². The first-order valence-corrected chi connectivity index (χ1v) is 6.75. The van der Waals surface area contributed by atoms with Crippen molar-refractivity contribution < 1.29 is 0 Å². The van der Waals surface area contributed by atoms with Crippen molar-refractivity contribution in [3.8, 4) is 0 Å². The van der Waals surface area contributed by atoms with Crippen LogP contribution >= 0.6 is 0 Å². The zero-order valence-electron chi connectivity index (χ0n) is 11.5. The van der Waals surface area contributed by atoms with Crippen LogP contribution in [0.15, 0.2) is 43.0 Å². The lowest BCUT2D eigenvalue weighted by atomic mass is 10.3. The van der Waals surface area contributed by atoms with Crippen LogP contribution in [0.2, 0.25) is 0 Å². The van der Waals surface area contributed by atoms with Crippen LogP contribution in [-0.2, 0) is 6.54 Å². The Labute approximate surface area is 117 Å². The zero-order valence-corrected chi connectivity index (χ0v) is 11.5. The number of benzene rings is 1. The Bertz CT molecular complexity index is 704. The van der Waals surface area contributed by atoms with E-state index in [1.807, 2.05) is 31.5 Å². The van der Waals surface area contributed by atoms with E-state index in [0.29, 0.717) is 0 Å². The molecule has 1 aromatic carbocycles. The normalized spacial score (nSPS) is 10.8. The molecular formula is C15H17N5. The van der Waals surface area contributed by atoms with Crippen molar-refractivity contribution in [1.82, 2.24) is 19.5 Å². The smallest absolute Gasteiger partial charge is 0.144 e. The summed E-state index contributed by atoms with van der Waals surface area (Å²) in [5.41, 5.74) is 3.16. The Morgan fingerprint density at radius 1 is 1.20 bits per heavy atom. The molecule has 0 aliphatic heterocycles. The third-order valence-corrected chi connectivity index (χ3v) is 3.16. The molecule has 0 unspecified atom stereocenters. The minimum atomic E-state index is 0.834. The first-order valence-electron chi connectivity index (χ1n) is 6.75. The van der Waals surface area contributed by atoms with E-state index >= 15 is 0 Å². The lowest BCUT2D eigenvalue weighted by Crippen LogP contribution is -2.07. The highest BCUT2D eigenvalue weighted by Gasteiger charge is 2.01. The van der Waals surface area contributed by atoms with Gasteiger partial charge in [0.1, 0.15) is 5.82 Å². The molecule has 5 heteroatoms. The lowest BCUT2D eigenvalue weighted by molar-refractivity contribution is 0.676. The number of imidazole rings is 1. The molecule has 0 atom stereocenters. The Morgan fingerprint density at radius 2 is 2.10 bits per heavy atom. The maximum Gasteiger partial charge on any atom is 0.144 e. The maximum atomic E-state index is 4.39. The van der Waals surface area contributed by atoms with Crippen LogP contribution in [0.5, 0.6) is 0 Å². The van der Waals surface area contributed by atoms with E-state index < -0.39 is 0 Å². The molecule has 0 saturated carbocycles. The molecule has 2 aromatic heterocycles. The zero-order chi connectivity index (χ0) is 13.8. The van der Waals surface area contributed by atoms with E-state index in [-0.39, 0.29) is 0 Å². The Hall–Kier alpha value is -2.43. The summed E-state index contributed by atoms with van der Waals surface area (Å²) in [4.78, 5) is 12.9. The second-order valence-corrected chi connectivity index (χ2v) is 4.75. The van der Waals surface area contributed by atoms with E-state index in [1.54, 1.807) is 12.4 Å². The van der Waals surface area contributed by atoms with E-state index in [1.165, 1.54) is 5.52 Å². The fourth-order valence-electron chi connectivity index (χ4n) is 2.20. The quantitative estimate of drug-likeness (QED) is 0.722. The van der Waals surface area contributed by atoms with Crippen molar-refractivity contribution in [3.05, 3.63) is 48.7 Å². The molecule has 5 nitrogen and oxygen atoms in total. The molecule has 0 fully saturated rings. The minimum Gasteiger partial charge on any atom is -0.369 e. The van der Waals surface area contributed by atoms with Crippen molar-refractivity contribution in [2.45, 2.75) is 19.9 Å². The van der Waals surface area contributed by atoms with Gasteiger partial charge in [0.2, 0.25) is 0 Å². The number of para-hydroxylation sites is 2. The van der Waals surface area contributed by atoms with Gasteiger partial charge >= 0.3 is 0 Å². The van der Waals surface area contributed by atoms with Gasteiger partial charge < -0.3 is 9.88 Å². The van der Waals surface area contributed by atoms with Crippen molar-refractivity contribution in [3.63, 3.8) is 0 Å². The summed E-state index contributed by atoms with van der Waals surface area (Å²) in [6.45, 7) is 3.74. The molecule has 3 aromatic rings. The molecule has 1 N–H and O–H groups in total. The summed E-state index contributed by atoms with van der Waals surface area (Å²) in [7, 11) is 0. The number of hydrogen-bond donors (Lipinski definition) is 1. The molecule has 2 heterocycles. The number of aryl methyl sites for hydroxylation is 2. The highest BCUT2D eigenvalue weighted by atomic mass is 15.1. The number of aromatic nitrogens is 4. The largest absolute Gasteiger partial charge is 0.369 e. The van der Waals surface area contributed by atoms with Crippen LogP contribution < -0.4 is 5.32 Å². The van der Waals surface area contributed by atoms with E-state index in [0.717, 1.165) is 36.5 Å². The second kappa shape index (κ2) is 5.69. The van der Waals surface area contributed by atoms with Gasteiger partial charge in [-0.1, -0.05) is 12.1 Å². The fourth-order valence-corrected chi connectivity index (χ4v) is 2.20. The molecule has 0 spiro atoms. The van der Waals surface area contributed by atoms with Crippen molar-refractivity contribution >= 4 is 16.9 Å². The van der Waals surface area contributed by atoms with Gasteiger partial charge in [0.15, 0.2) is 0 Å². The van der Waals surface area contributed by atoms with Crippen LogP contribution in [-0.4, -0.2) is 26.1 Å². The molecule has 0 bridgehead atoms. The summed E-state index contributed by atoms with van der Waals surface area (Å²) in [6, 6.07) is 8.19. The summed E-state index contributed by atoms with van der Waals surface area (Å²) in [5, 5.41) is 3.29. The topological polar surface area (TPSA) is 55.6 Å². The molecular weight excluding hydrogens is 250 g/mol. The van der Waals surface area contributed by atoms with Gasteiger partial charge in [-0.05, 0) is 25.5 Å². The monoisotopic (exact) mass is 267 g/mol. The predicted octanol–water partition coefficient (Wildman–Crippen LogP) is 2.64. The van der Waals surface area contributed by atoms with Gasteiger partial charge in [0.05, 0.1) is 29.3 Å². The Balaban J connectivity index is 1.55. The van der Waals surface area contributed by atoms with Crippen molar-refractivity contribution in [2.75, 3.05) is 11.9 Å². The van der Waals surface area contributed by atoms with E-state index in [4.69, 9.17) is 0 Å². The van der Waals surface area contributed by atoms with Crippen LogP contribution in [0.25, 0.3) is 11.0 Å². The molecule has 0 saturated heterocycles. The molecule has 0 amide bonds. The highest BCUT2D eigenvalue weighted by Crippen LogP contribution is 2.12. The number of hydrogen-bond acceptors (Lipinski definition) is 4. The molecule has 102 valence electrons. The molecule has 0 aliphatic rings. The van der Waals surface area contributed by atoms with Crippen LogP contribution in [0.1, 0.15) is 12.1 Å². The molecule has 20 heavy (non-hydrogen) atoms. The maximum absolute atomic E-state index is 4.39. The molecule has 0 aliphatic carbocycles. The third kappa shape index (κ3) is 2.77. The van der Waals surface area contributed by atoms with Crippen LogP contribution in [0, 0.1) is 6.92 Å². The van der Waals surface area contributed by atoms with Crippen LogP contribution in [0.3, 0.4) is 0 Å². The van der Waals surface area contributed by atoms with Crippen molar-refractivity contribution in [1.29, 1.82) is 0 Å². The van der Waals surface area contributed by atoms with Gasteiger partial charge in [0, 0.05) is 19.3 Å². The van der Waals surface area contributed by atoms with Crippen molar-refractivity contribution in [2.24, 2.45) is 0 Å². The number of rotatable bonds is 5. The Morgan fingerprint density at radius 3 is 3.00 bits per heavy atom. The standard InChI is InChI=1S/C15H17N5/c1-12-9-16-10-15(19-12)17-7-4-8-20-11-18-13-5-2-3-6-14(13)20/h2-3,5-6,9-11H,4,7-8H2,1H3,(H,17,19). The Kier molecular flexibility index (Phi) is 3.58. The molecule has 0 radical (unpaired) electrons. The van der Waals surface area contributed by atoms with Gasteiger partial charge in [-0.2, -0.15) is 0 Å². The van der Waals surface area contributed by atoms with E-state index in [9.17, 15) is 0 Å². The summed E-state index contributed by atoms with van der Waals surface area (Å²) in [6.07, 6.45) is 6.41. The number of fused-ring (bicyclic) bond motifs is 1. The van der Waals surface area contributed by atoms with E-state index in [2.05, 4.69) is 30.9 Å². The summed E-state index contributed by atoms with van der Waals surface area (Å²) >= 11 is 0. The lowest BCUT2D eigenvalue weighted by Gasteiger charge is -2.07. The highest BCUT2D eigenvalue weighted by molar-refractivity contribution is 5.74. The number of nitrogens with zero attached hydrogens (tertiary/aromatic N) is 4. The predicted molar refractivity (Wildman–Crippen MR) is 79.6 cm³/mol. The first kappa shape index (κ1) is 12.6. The van der Waals surface area contributed by atoms with Crippen LogP contribution in [0.4, 0.5) is 5.82 Å². The molecule has 3 rings (SSSR count). The van der Waals surface area contributed by atoms with Gasteiger partial charge in [-0.25, -0.2) is 9.97 Å². The number of anilines is 1. The van der Waals surface area contributed by atoms with Gasteiger partial charge in [0.25, 0.3) is 0 Å². The average molecular weight is 267 g/mol. The average Bonchev–Trinajstić information content (AvgIpc) is 2.87. The van der Waals surface area contributed by atoms with Gasteiger partial charge in [-0.15, -0.1) is 0 Å². The SMILES string of the molecule is Cc1cncc(NCCCn2cnc3ccccc32)n1. The third-order valence-electron chi connectivity index (χ3n) is 3.16. The summed E-state index contributed by atoms with van der Waals surface area (Å²) in [5.74, 6) is 0.834.